The number of hydrogen-bond acceptors (Lipinski definition) is 2. The zero-order valence-electron chi connectivity index (χ0n) is 17.2. The third-order valence-corrected chi connectivity index (χ3v) is 4.82. The van der Waals surface area contributed by atoms with Crippen molar-refractivity contribution in [2.75, 3.05) is 6.54 Å². The van der Waals surface area contributed by atoms with Gasteiger partial charge in [0.2, 0.25) is 5.91 Å². The van der Waals surface area contributed by atoms with E-state index in [0.717, 1.165) is 23.3 Å². The van der Waals surface area contributed by atoms with Gasteiger partial charge < -0.3 is 10.1 Å². The van der Waals surface area contributed by atoms with Gasteiger partial charge in [0, 0.05) is 18.9 Å². The molecule has 150 valence electrons. The highest BCUT2D eigenvalue weighted by molar-refractivity contribution is 5.77. The Kier molecular flexibility index (Phi) is 7.46. The number of carbonyl (C=O) groups is 1. The standard InChI is InChI=1S/C26H29NO2/c1-20(2)29-24-15-13-23(14-16-24)25(22-11-7-4-8-12-22)19-26(28)27-18-17-21-9-5-3-6-10-21/h3-16,20,25H,17-19H2,1-2H3,(H,27,28). The fourth-order valence-corrected chi connectivity index (χ4v) is 3.41. The van der Waals surface area contributed by atoms with Crippen molar-refractivity contribution >= 4 is 5.91 Å². The minimum atomic E-state index is 0.0148. The van der Waals surface area contributed by atoms with Gasteiger partial charge >= 0.3 is 0 Å². The van der Waals surface area contributed by atoms with Crippen LogP contribution in [-0.2, 0) is 11.2 Å². The molecule has 1 N–H and O–H groups in total. The monoisotopic (exact) mass is 387 g/mol. The first-order valence-corrected chi connectivity index (χ1v) is 10.2. The van der Waals surface area contributed by atoms with Crippen molar-refractivity contribution in [3.63, 3.8) is 0 Å². The number of carbonyl (C=O) groups excluding carboxylic acids is 1. The average molecular weight is 388 g/mol. The second-order valence-corrected chi connectivity index (χ2v) is 7.49. The summed E-state index contributed by atoms with van der Waals surface area (Å²) in [5.74, 6) is 0.932. The molecule has 3 aromatic rings. The van der Waals surface area contributed by atoms with E-state index >= 15 is 0 Å². The molecule has 0 saturated carbocycles. The van der Waals surface area contributed by atoms with Crippen LogP contribution in [0, 0.1) is 0 Å². The number of amides is 1. The third-order valence-electron chi connectivity index (χ3n) is 4.82. The summed E-state index contributed by atoms with van der Waals surface area (Å²) in [6, 6.07) is 28.5. The SMILES string of the molecule is CC(C)Oc1ccc(C(CC(=O)NCCc2ccccc2)c2ccccc2)cc1. The predicted octanol–water partition coefficient (Wildman–Crippen LogP) is 5.35. The first-order valence-electron chi connectivity index (χ1n) is 10.2. The predicted molar refractivity (Wildman–Crippen MR) is 118 cm³/mol. The second kappa shape index (κ2) is 10.5. The maximum atomic E-state index is 12.7. The fraction of sp³-hybridized carbons (Fsp3) is 0.269. The quantitative estimate of drug-likeness (QED) is 0.537. The van der Waals surface area contributed by atoms with Crippen LogP contribution in [0.2, 0.25) is 0 Å². The van der Waals surface area contributed by atoms with Crippen molar-refractivity contribution in [2.24, 2.45) is 0 Å². The molecule has 0 fully saturated rings. The Morgan fingerprint density at radius 2 is 1.41 bits per heavy atom. The zero-order valence-corrected chi connectivity index (χ0v) is 17.2. The Labute approximate surface area is 173 Å². The van der Waals surface area contributed by atoms with Gasteiger partial charge in [-0.1, -0.05) is 72.8 Å². The van der Waals surface area contributed by atoms with Crippen LogP contribution in [0.15, 0.2) is 84.9 Å². The molecule has 3 heteroatoms. The van der Waals surface area contributed by atoms with Crippen molar-refractivity contribution in [3.05, 3.63) is 102 Å². The first-order chi connectivity index (χ1) is 14.1. The lowest BCUT2D eigenvalue weighted by molar-refractivity contribution is -0.121. The molecule has 1 unspecified atom stereocenters. The van der Waals surface area contributed by atoms with Crippen molar-refractivity contribution < 1.29 is 9.53 Å². The molecule has 0 heterocycles. The van der Waals surface area contributed by atoms with E-state index in [1.54, 1.807) is 0 Å². The van der Waals surface area contributed by atoms with Gasteiger partial charge in [-0.3, -0.25) is 4.79 Å². The summed E-state index contributed by atoms with van der Waals surface area (Å²) in [4.78, 5) is 12.7. The summed E-state index contributed by atoms with van der Waals surface area (Å²) in [5.41, 5.74) is 3.49. The summed E-state index contributed by atoms with van der Waals surface area (Å²) in [6.45, 7) is 4.67. The van der Waals surface area contributed by atoms with Gasteiger partial charge in [0.25, 0.3) is 0 Å². The van der Waals surface area contributed by atoms with E-state index in [-0.39, 0.29) is 17.9 Å². The summed E-state index contributed by atoms with van der Waals surface area (Å²) < 4.78 is 5.75. The van der Waals surface area contributed by atoms with E-state index in [2.05, 4.69) is 41.7 Å². The molecule has 1 atom stereocenters. The van der Waals surface area contributed by atoms with E-state index in [0.29, 0.717) is 13.0 Å². The highest BCUT2D eigenvalue weighted by atomic mass is 16.5. The number of benzene rings is 3. The summed E-state index contributed by atoms with van der Waals surface area (Å²) >= 11 is 0. The molecule has 3 aromatic carbocycles. The molecule has 0 bridgehead atoms. The van der Waals surface area contributed by atoms with Gasteiger partial charge in [-0.05, 0) is 49.1 Å². The van der Waals surface area contributed by atoms with Crippen LogP contribution in [0.25, 0.3) is 0 Å². The molecule has 3 nitrogen and oxygen atoms in total. The summed E-state index contributed by atoms with van der Waals surface area (Å²) in [5, 5.41) is 3.07. The average Bonchev–Trinajstić information content (AvgIpc) is 2.74. The maximum Gasteiger partial charge on any atom is 0.220 e. The molecule has 1 amide bonds. The van der Waals surface area contributed by atoms with E-state index in [1.807, 2.05) is 62.4 Å². The molecule has 0 spiro atoms. The fourth-order valence-electron chi connectivity index (χ4n) is 3.41. The van der Waals surface area contributed by atoms with Gasteiger partial charge in [0.1, 0.15) is 5.75 Å². The molecule has 0 aliphatic carbocycles. The van der Waals surface area contributed by atoms with Crippen LogP contribution in [0.1, 0.15) is 42.9 Å². The van der Waals surface area contributed by atoms with Crippen LogP contribution in [-0.4, -0.2) is 18.6 Å². The Balaban J connectivity index is 1.66. The van der Waals surface area contributed by atoms with Gasteiger partial charge in [-0.25, -0.2) is 0 Å². The Morgan fingerprint density at radius 1 is 0.828 bits per heavy atom. The molecular weight excluding hydrogens is 358 g/mol. The normalized spacial score (nSPS) is 11.8. The molecule has 0 saturated heterocycles. The smallest absolute Gasteiger partial charge is 0.220 e. The lowest BCUT2D eigenvalue weighted by Crippen LogP contribution is -2.27. The molecule has 0 aliphatic heterocycles. The van der Waals surface area contributed by atoms with Crippen LogP contribution in [0.4, 0.5) is 0 Å². The summed E-state index contributed by atoms with van der Waals surface area (Å²) in [7, 11) is 0. The van der Waals surface area contributed by atoms with Crippen LogP contribution >= 0.6 is 0 Å². The van der Waals surface area contributed by atoms with Gasteiger partial charge in [0.05, 0.1) is 6.10 Å². The number of hydrogen-bond donors (Lipinski definition) is 1. The van der Waals surface area contributed by atoms with E-state index in [4.69, 9.17) is 4.74 Å². The molecule has 0 radical (unpaired) electrons. The van der Waals surface area contributed by atoms with Gasteiger partial charge in [-0.15, -0.1) is 0 Å². The van der Waals surface area contributed by atoms with Crippen LogP contribution in [0.5, 0.6) is 5.75 Å². The van der Waals surface area contributed by atoms with E-state index < -0.39 is 0 Å². The van der Waals surface area contributed by atoms with Crippen LogP contribution < -0.4 is 10.1 Å². The van der Waals surface area contributed by atoms with Crippen molar-refractivity contribution in [1.82, 2.24) is 5.32 Å². The second-order valence-electron chi connectivity index (χ2n) is 7.49. The third kappa shape index (κ3) is 6.49. The molecule has 3 rings (SSSR count). The highest BCUT2D eigenvalue weighted by Crippen LogP contribution is 2.29. The van der Waals surface area contributed by atoms with E-state index in [9.17, 15) is 4.79 Å². The van der Waals surface area contributed by atoms with Crippen molar-refractivity contribution in [3.8, 4) is 5.75 Å². The first kappa shape index (κ1) is 20.7. The summed E-state index contributed by atoms with van der Waals surface area (Å²) in [6.07, 6.45) is 1.40. The number of nitrogens with one attached hydrogen (secondary N) is 1. The van der Waals surface area contributed by atoms with E-state index in [1.165, 1.54) is 5.56 Å². The van der Waals surface area contributed by atoms with Gasteiger partial charge in [-0.2, -0.15) is 0 Å². The highest BCUT2D eigenvalue weighted by Gasteiger charge is 2.18. The maximum absolute atomic E-state index is 12.7. The molecular formula is C26H29NO2. The Morgan fingerprint density at radius 3 is 2.03 bits per heavy atom. The van der Waals surface area contributed by atoms with Crippen molar-refractivity contribution in [1.29, 1.82) is 0 Å². The lowest BCUT2D eigenvalue weighted by atomic mass is 9.88. The molecule has 29 heavy (non-hydrogen) atoms. The number of ether oxygens (including phenoxy) is 1. The van der Waals surface area contributed by atoms with Gasteiger partial charge in [0.15, 0.2) is 0 Å². The Hall–Kier alpha value is -3.07. The van der Waals surface area contributed by atoms with Crippen molar-refractivity contribution in [2.45, 2.75) is 38.7 Å². The lowest BCUT2D eigenvalue weighted by Gasteiger charge is -2.19. The Bertz CT molecular complexity index is 874. The minimum Gasteiger partial charge on any atom is -0.491 e. The molecule has 0 aliphatic rings. The topological polar surface area (TPSA) is 38.3 Å². The molecule has 0 aromatic heterocycles. The number of rotatable bonds is 9. The largest absolute Gasteiger partial charge is 0.491 e. The minimum absolute atomic E-state index is 0.0148. The van der Waals surface area contributed by atoms with Crippen LogP contribution in [0.3, 0.4) is 0 Å². The zero-order chi connectivity index (χ0) is 20.5.